The molecule has 2 fully saturated rings. The summed E-state index contributed by atoms with van der Waals surface area (Å²) in [6, 6.07) is 18.8. The van der Waals surface area contributed by atoms with Gasteiger partial charge in [0.05, 0.1) is 4.91 Å². The Labute approximate surface area is 212 Å². The van der Waals surface area contributed by atoms with E-state index in [2.05, 4.69) is 50.2 Å². The summed E-state index contributed by atoms with van der Waals surface area (Å²) in [4.78, 5) is 29.9. The van der Waals surface area contributed by atoms with Gasteiger partial charge >= 0.3 is 0 Å². The summed E-state index contributed by atoms with van der Waals surface area (Å²) in [5.74, 6) is 1.11. The number of hydrogen-bond acceptors (Lipinski definition) is 4. The van der Waals surface area contributed by atoms with Gasteiger partial charge in [-0.3, -0.25) is 14.5 Å². The highest BCUT2D eigenvalue weighted by Crippen LogP contribution is 2.33. The minimum absolute atomic E-state index is 0.0997. The molecular formula is C28H32N2O2S2. The molecule has 2 saturated heterocycles. The van der Waals surface area contributed by atoms with Crippen molar-refractivity contribution < 1.29 is 9.59 Å². The lowest BCUT2D eigenvalue weighted by atomic mass is 9.90. The van der Waals surface area contributed by atoms with Gasteiger partial charge in [0.1, 0.15) is 4.32 Å². The van der Waals surface area contributed by atoms with Crippen LogP contribution < -0.4 is 0 Å². The molecule has 0 atom stereocenters. The summed E-state index contributed by atoms with van der Waals surface area (Å²) < 4.78 is 0.532. The standard InChI is InChI=1S/C28H32N2O2S2/c1-20(2)24-10-8-22(9-11-24)19-25-27(32)30(28(33)34-25)17-14-26(31)29-15-12-23(13-16-29)18-21-6-4-3-5-7-21/h3-11,19-20,23H,12-18H2,1-2H3/b25-19-. The van der Waals surface area contributed by atoms with Crippen LogP contribution in [0.1, 0.15) is 55.7 Å². The van der Waals surface area contributed by atoms with Crippen molar-refractivity contribution in [1.82, 2.24) is 9.80 Å². The number of hydrogen-bond donors (Lipinski definition) is 0. The molecule has 178 valence electrons. The number of carbonyl (C=O) groups excluding carboxylic acids is 2. The predicted molar refractivity (Wildman–Crippen MR) is 144 cm³/mol. The van der Waals surface area contributed by atoms with Gasteiger partial charge in [-0.2, -0.15) is 0 Å². The van der Waals surface area contributed by atoms with Crippen molar-refractivity contribution >= 4 is 46.2 Å². The SMILES string of the molecule is CC(C)c1ccc(/C=C2\SC(=S)N(CCC(=O)N3CCC(Cc4ccccc4)CC3)C2=O)cc1. The number of benzene rings is 2. The van der Waals surface area contributed by atoms with Crippen molar-refractivity contribution in [2.24, 2.45) is 5.92 Å². The van der Waals surface area contributed by atoms with Crippen molar-refractivity contribution in [2.75, 3.05) is 19.6 Å². The Balaban J connectivity index is 1.26. The Morgan fingerprint density at radius 3 is 2.41 bits per heavy atom. The molecule has 4 rings (SSSR count). The predicted octanol–water partition coefficient (Wildman–Crippen LogP) is 5.88. The quantitative estimate of drug-likeness (QED) is 0.357. The summed E-state index contributed by atoms with van der Waals surface area (Å²) in [7, 11) is 0. The van der Waals surface area contributed by atoms with E-state index in [1.165, 1.54) is 22.9 Å². The first-order chi connectivity index (χ1) is 16.4. The van der Waals surface area contributed by atoms with Crippen molar-refractivity contribution in [3.63, 3.8) is 0 Å². The van der Waals surface area contributed by atoms with Crippen LogP contribution in [-0.4, -0.2) is 45.6 Å². The molecule has 4 nitrogen and oxygen atoms in total. The molecule has 34 heavy (non-hydrogen) atoms. The highest BCUT2D eigenvalue weighted by Gasteiger charge is 2.33. The maximum atomic E-state index is 12.9. The summed E-state index contributed by atoms with van der Waals surface area (Å²) in [5, 5.41) is 0. The van der Waals surface area contributed by atoms with E-state index in [-0.39, 0.29) is 11.8 Å². The first-order valence-electron chi connectivity index (χ1n) is 12.1. The van der Waals surface area contributed by atoms with Crippen molar-refractivity contribution in [1.29, 1.82) is 0 Å². The van der Waals surface area contributed by atoms with Crippen LogP contribution >= 0.6 is 24.0 Å². The fraction of sp³-hybridized carbons (Fsp3) is 0.393. The third-order valence-electron chi connectivity index (χ3n) is 6.66. The van der Waals surface area contributed by atoms with E-state index in [0.717, 1.165) is 37.9 Å². The van der Waals surface area contributed by atoms with Crippen LogP contribution in [0.3, 0.4) is 0 Å². The minimum atomic E-state index is -0.0997. The number of thioether (sulfide) groups is 1. The molecule has 0 aromatic heterocycles. The first kappa shape index (κ1) is 24.7. The zero-order chi connectivity index (χ0) is 24.1. The first-order valence-corrected chi connectivity index (χ1v) is 13.3. The number of amides is 2. The van der Waals surface area contributed by atoms with Gasteiger partial charge in [-0.15, -0.1) is 0 Å². The van der Waals surface area contributed by atoms with Gasteiger partial charge in [0, 0.05) is 26.1 Å². The Kier molecular flexibility index (Phi) is 8.22. The molecule has 0 saturated carbocycles. The molecule has 6 heteroatoms. The van der Waals surface area contributed by atoms with E-state index < -0.39 is 0 Å². The zero-order valence-electron chi connectivity index (χ0n) is 19.9. The van der Waals surface area contributed by atoms with Crippen LogP contribution in [0.25, 0.3) is 6.08 Å². The van der Waals surface area contributed by atoms with Gasteiger partial charge in [-0.25, -0.2) is 0 Å². The third-order valence-corrected chi connectivity index (χ3v) is 8.04. The van der Waals surface area contributed by atoms with Gasteiger partial charge in [-0.05, 0) is 53.9 Å². The van der Waals surface area contributed by atoms with Crippen molar-refractivity contribution in [2.45, 2.75) is 45.4 Å². The maximum absolute atomic E-state index is 12.9. The molecule has 0 radical (unpaired) electrons. The normalized spacial score (nSPS) is 18.4. The number of thiocarbonyl (C=S) groups is 1. The molecule has 2 aliphatic heterocycles. The van der Waals surface area contributed by atoms with E-state index in [0.29, 0.717) is 34.0 Å². The van der Waals surface area contributed by atoms with Gasteiger partial charge in [0.15, 0.2) is 0 Å². The molecule has 2 aromatic rings. The monoisotopic (exact) mass is 492 g/mol. The van der Waals surface area contributed by atoms with Crippen molar-refractivity contribution in [3.05, 3.63) is 76.2 Å². The molecule has 0 unspecified atom stereocenters. The number of rotatable bonds is 7. The number of likely N-dealkylation sites (tertiary alicyclic amines) is 1. The summed E-state index contributed by atoms with van der Waals surface area (Å²) >= 11 is 6.77. The molecule has 0 bridgehead atoms. The fourth-order valence-corrected chi connectivity index (χ4v) is 5.83. The average Bonchev–Trinajstić information content (AvgIpc) is 3.11. The molecule has 0 N–H and O–H groups in total. The number of nitrogens with zero attached hydrogens (tertiary/aromatic N) is 2. The van der Waals surface area contributed by atoms with E-state index in [9.17, 15) is 9.59 Å². The van der Waals surface area contributed by atoms with Crippen LogP contribution in [0.2, 0.25) is 0 Å². The molecule has 2 amide bonds. The van der Waals surface area contributed by atoms with E-state index in [4.69, 9.17) is 12.2 Å². The summed E-state index contributed by atoms with van der Waals surface area (Å²) in [6.07, 6.45) is 5.33. The summed E-state index contributed by atoms with van der Waals surface area (Å²) in [6.45, 7) is 6.25. The van der Waals surface area contributed by atoms with Crippen LogP contribution in [-0.2, 0) is 16.0 Å². The maximum Gasteiger partial charge on any atom is 0.266 e. The highest BCUT2D eigenvalue weighted by molar-refractivity contribution is 8.26. The lowest BCUT2D eigenvalue weighted by Gasteiger charge is -2.32. The van der Waals surface area contributed by atoms with Gasteiger partial charge in [-0.1, -0.05) is 92.4 Å². The Morgan fingerprint density at radius 1 is 1.09 bits per heavy atom. The average molecular weight is 493 g/mol. The third kappa shape index (κ3) is 6.16. The molecule has 2 aromatic carbocycles. The lowest BCUT2D eigenvalue weighted by molar-refractivity contribution is -0.133. The van der Waals surface area contributed by atoms with Crippen LogP contribution in [0.4, 0.5) is 0 Å². The number of carbonyl (C=O) groups is 2. The van der Waals surface area contributed by atoms with Gasteiger partial charge in [0.2, 0.25) is 5.91 Å². The Hall–Kier alpha value is -2.44. The van der Waals surface area contributed by atoms with E-state index in [1.54, 1.807) is 4.90 Å². The second kappa shape index (κ2) is 11.3. The van der Waals surface area contributed by atoms with Gasteiger partial charge in [0.25, 0.3) is 5.91 Å². The van der Waals surface area contributed by atoms with Gasteiger partial charge < -0.3 is 4.90 Å². The second-order valence-corrected chi connectivity index (χ2v) is 11.1. The number of piperidine rings is 1. The molecule has 2 aliphatic rings. The zero-order valence-corrected chi connectivity index (χ0v) is 21.5. The largest absolute Gasteiger partial charge is 0.343 e. The highest BCUT2D eigenvalue weighted by atomic mass is 32.2. The van der Waals surface area contributed by atoms with E-state index in [1.807, 2.05) is 29.2 Å². The van der Waals surface area contributed by atoms with Crippen molar-refractivity contribution in [3.8, 4) is 0 Å². The van der Waals surface area contributed by atoms with Crippen LogP contribution in [0.5, 0.6) is 0 Å². The van der Waals surface area contributed by atoms with Crippen LogP contribution in [0, 0.1) is 5.92 Å². The molecule has 0 aliphatic carbocycles. The topological polar surface area (TPSA) is 40.6 Å². The second-order valence-electron chi connectivity index (χ2n) is 9.42. The molecule has 0 spiro atoms. The Bertz CT molecular complexity index is 1060. The fourth-order valence-electron chi connectivity index (χ4n) is 4.52. The van der Waals surface area contributed by atoms with Crippen LogP contribution in [0.15, 0.2) is 59.5 Å². The molecule has 2 heterocycles. The Morgan fingerprint density at radius 2 is 1.76 bits per heavy atom. The summed E-state index contributed by atoms with van der Waals surface area (Å²) in [5.41, 5.74) is 3.62. The molecular weight excluding hydrogens is 460 g/mol. The minimum Gasteiger partial charge on any atom is -0.343 e. The lowest BCUT2D eigenvalue weighted by Crippen LogP contribution is -2.41. The smallest absolute Gasteiger partial charge is 0.266 e. The van der Waals surface area contributed by atoms with E-state index >= 15 is 0 Å².